The Morgan fingerprint density at radius 3 is 2.61 bits per heavy atom. The molecule has 1 fully saturated rings. The monoisotopic (exact) mass is 439 g/mol. The average Bonchev–Trinajstić information content (AvgIpc) is 2.89. The van der Waals surface area contributed by atoms with Gasteiger partial charge in [0.05, 0.1) is 6.10 Å². The fourth-order valence-electron chi connectivity index (χ4n) is 3.49. The summed E-state index contributed by atoms with van der Waals surface area (Å²) in [5.41, 5.74) is 3.04. The van der Waals surface area contributed by atoms with Gasteiger partial charge in [-0.3, -0.25) is 11.3 Å². The van der Waals surface area contributed by atoms with Gasteiger partial charge in [-0.2, -0.15) is 0 Å². The van der Waals surface area contributed by atoms with Gasteiger partial charge in [0.15, 0.2) is 0 Å². The van der Waals surface area contributed by atoms with Crippen LogP contribution in [0.15, 0.2) is 0 Å². The summed E-state index contributed by atoms with van der Waals surface area (Å²) in [4.78, 5) is 0. The largest absolute Gasteiger partial charge is 0.378 e. The van der Waals surface area contributed by atoms with Crippen LogP contribution in [0.4, 0.5) is 0 Å². The fourth-order valence-corrected chi connectivity index (χ4v) is 4.42. The maximum atomic E-state index is 6.12. The van der Waals surface area contributed by atoms with E-state index in [-0.39, 0.29) is 0 Å². The number of rotatable bonds is 13. The normalized spacial score (nSPS) is 23.3. The first kappa shape index (κ1) is 21.6. The highest BCUT2D eigenvalue weighted by Gasteiger charge is 2.25. The summed E-state index contributed by atoms with van der Waals surface area (Å²) in [6.45, 7) is 11.1. The molecule has 0 amide bonds. The summed E-state index contributed by atoms with van der Waals surface area (Å²) in [5.74, 6) is 5.90. The number of halogens is 1. The quantitative estimate of drug-likeness (QED) is 0.135. The Labute approximate surface area is 157 Å². The molecule has 1 rings (SSSR count). The number of ether oxygens (including phenoxy) is 1. The molecule has 1 aliphatic rings. The standard InChI is InChI=1S/C18H38IN3O/c1-15(13-23-17-8-7-16(19)11-17)12-18(2,3)14-21-9-5-4-6-10-22-20/h15-17,21-22H,4-14,20H2,1-3H3. The van der Waals surface area contributed by atoms with Gasteiger partial charge in [-0.05, 0) is 56.4 Å². The number of hydrogen-bond acceptors (Lipinski definition) is 4. The van der Waals surface area contributed by atoms with E-state index in [0.717, 1.165) is 36.6 Å². The van der Waals surface area contributed by atoms with Crippen LogP contribution >= 0.6 is 22.6 Å². The summed E-state index contributed by atoms with van der Waals surface area (Å²) in [6.07, 6.45) is 9.20. The van der Waals surface area contributed by atoms with Crippen molar-refractivity contribution in [2.45, 2.75) is 75.7 Å². The molecule has 0 spiro atoms. The van der Waals surface area contributed by atoms with Crippen molar-refractivity contribution in [3.63, 3.8) is 0 Å². The van der Waals surface area contributed by atoms with Gasteiger partial charge in [0.2, 0.25) is 0 Å². The van der Waals surface area contributed by atoms with E-state index < -0.39 is 0 Å². The molecule has 0 bridgehead atoms. The molecule has 0 heterocycles. The first-order valence-corrected chi connectivity index (χ1v) is 10.6. The predicted octanol–water partition coefficient (Wildman–Crippen LogP) is 3.63. The summed E-state index contributed by atoms with van der Waals surface area (Å²) >= 11 is 2.56. The van der Waals surface area contributed by atoms with Gasteiger partial charge in [0.25, 0.3) is 0 Å². The highest BCUT2D eigenvalue weighted by atomic mass is 127. The van der Waals surface area contributed by atoms with Crippen molar-refractivity contribution in [2.24, 2.45) is 17.2 Å². The molecule has 1 saturated carbocycles. The zero-order valence-corrected chi connectivity index (χ0v) is 17.5. The van der Waals surface area contributed by atoms with Crippen LogP contribution < -0.4 is 16.6 Å². The van der Waals surface area contributed by atoms with Crippen molar-refractivity contribution in [1.82, 2.24) is 10.7 Å². The van der Waals surface area contributed by atoms with Crippen LogP contribution in [0, 0.1) is 11.3 Å². The molecule has 23 heavy (non-hydrogen) atoms. The molecule has 4 nitrogen and oxygen atoms in total. The Kier molecular flexibility index (Phi) is 11.3. The molecule has 138 valence electrons. The first-order valence-electron chi connectivity index (χ1n) is 9.33. The lowest BCUT2D eigenvalue weighted by Crippen LogP contribution is -2.32. The predicted molar refractivity (Wildman–Crippen MR) is 108 cm³/mol. The third-order valence-corrected chi connectivity index (χ3v) is 5.75. The number of unbranched alkanes of at least 4 members (excludes halogenated alkanes) is 2. The van der Waals surface area contributed by atoms with E-state index in [1.807, 2.05) is 0 Å². The third-order valence-electron chi connectivity index (χ3n) is 4.62. The van der Waals surface area contributed by atoms with Crippen LogP contribution in [0.25, 0.3) is 0 Å². The van der Waals surface area contributed by atoms with E-state index in [9.17, 15) is 0 Å². The summed E-state index contributed by atoms with van der Waals surface area (Å²) in [7, 11) is 0. The Balaban J connectivity index is 2.05. The SMILES string of the molecule is CC(COC1CCC(I)C1)CC(C)(C)CNCCCCCNN. The molecule has 0 aliphatic heterocycles. The second-order valence-electron chi connectivity index (χ2n) is 8.03. The molecular weight excluding hydrogens is 401 g/mol. The molecule has 0 saturated heterocycles. The molecule has 5 heteroatoms. The van der Waals surface area contributed by atoms with E-state index >= 15 is 0 Å². The minimum atomic E-state index is 0.336. The zero-order chi connectivity index (χ0) is 17.1. The zero-order valence-electron chi connectivity index (χ0n) is 15.4. The van der Waals surface area contributed by atoms with Gasteiger partial charge >= 0.3 is 0 Å². The van der Waals surface area contributed by atoms with Gasteiger partial charge in [-0.1, -0.05) is 49.8 Å². The van der Waals surface area contributed by atoms with Gasteiger partial charge in [-0.15, -0.1) is 0 Å². The third kappa shape index (κ3) is 10.9. The maximum absolute atomic E-state index is 6.12. The second-order valence-corrected chi connectivity index (χ2v) is 9.79. The number of hydrazine groups is 1. The number of nitrogens with two attached hydrogens (primary N) is 1. The minimum absolute atomic E-state index is 0.336. The maximum Gasteiger partial charge on any atom is 0.0585 e. The number of alkyl halides is 1. The van der Waals surface area contributed by atoms with Crippen LogP contribution in [-0.2, 0) is 4.74 Å². The van der Waals surface area contributed by atoms with Crippen molar-refractivity contribution in [2.75, 3.05) is 26.2 Å². The van der Waals surface area contributed by atoms with Crippen molar-refractivity contribution in [1.29, 1.82) is 0 Å². The van der Waals surface area contributed by atoms with E-state index in [4.69, 9.17) is 10.6 Å². The Morgan fingerprint density at radius 2 is 1.96 bits per heavy atom. The Hall–Kier alpha value is 0.570. The van der Waals surface area contributed by atoms with Gasteiger partial charge in [0, 0.05) is 23.6 Å². The van der Waals surface area contributed by atoms with Crippen molar-refractivity contribution in [3.8, 4) is 0 Å². The molecule has 3 atom stereocenters. The Bertz CT molecular complexity index is 302. The number of hydrogen-bond donors (Lipinski definition) is 3. The van der Waals surface area contributed by atoms with Gasteiger partial charge < -0.3 is 10.1 Å². The molecule has 0 aromatic carbocycles. The van der Waals surface area contributed by atoms with Gasteiger partial charge in [-0.25, -0.2) is 0 Å². The molecule has 0 radical (unpaired) electrons. The van der Waals surface area contributed by atoms with E-state index in [1.165, 1.54) is 38.5 Å². The lowest BCUT2D eigenvalue weighted by atomic mass is 9.83. The summed E-state index contributed by atoms with van der Waals surface area (Å²) in [5, 5.41) is 3.62. The van der Waals surface area contributed by atoms with E-state index in [1.54, 1.807) is 0 Å². The van der Waals surface area contributed by atoms with Crippen LogP contribution in [0.1, 0.15) is 65.7 Å². The van der Waals surface area contributed by atoms with Crippen molar-refractivity contribution in [3.05, 3.63) is 0 Å². The number of nitrogens with one attached hydrogen (secondary N) is 2. The summed E-state index contributed by atoms with van der Waals surface area (Å²) in [6, 6.07) is 0. The highest BCUT2D eigenvalue weighted by molar-refractivity contribution is 14.1. The van der Waals surface area contributed by atoms with Crippen LogP contribution in [0.5, 0.6) is 0 Å². The molecule has 4 N–H and O–H groups in total. The topological polar surface area (TPSA) is 59.3 Å². The smallest absolute Gasteiger partial charge is 0.0585 e. The fraction of sp³-hybridized carbons (Fsp3) is 1.00. The first-order chi connectivity index (χ1) is 10.9. The molecule has 0 aromatic heterocycles. The molecular formula is C18H38IN3O. The Morgan fingerprint density at radius 1 is 1.22 bits per heavy atom. The summed E-state index contributed by atoms with van der Waals surface area (Å²) < 4.78 is 6.95. The lowest BCUT2D eigenvalue weighted by molar-refractivity contribution is 0.0277. The molecule has 1 aliphatic carbocycles. The van der Waals surface area contributed by atoms with E-state index in [2.05, 4.69) is 54.1 Å². The van der Waals surface area contributed by atoms with Crippen LogP contribution in [0.2, 0.25) is 0 Å². The van der Waals surface area contributed by atoms with Crippen LogP contribution in [-0.4, -0.2) is 36.3 Å². The lowest BCUT2D eigenvalue weighted by Gasteiger charge is -2.29. The van der Waals surface area contributed by atoms with Crippen molar-refractivity contribution < 1.29 is 4.74 Å². The van der Waals surface area contributed by atoms with E-state index in [0.29, 0.717) is 17.4 Å². The average molecular weight is 439 g/mol. The van der Waals surface area contributed by atoms with Crippen molar-refractivity contribution >= 4 is 22.6 Å². The minimum Gasteiger partial charge on any atom is -0.378 e. The molecule has 3 unspecified atom stereocenters. The molecule has 0 aromatic rings. The second kappa shape index (κ2) is 12.0. The highest BCUT2D eigenvalue weighted by Crippen LogP contribution is 2.30. The van der Waals surface area contributed by atoms with Gasteiger partial charge in [0.1, 0.15) is 0 Å². The van der Waals surface area contributed by atoms with Crippen LogP contribution in [0.3, 0.4) is 0 Å².